The Morgan fingerprint density at radius 3 is 2.36 bits per heavy atom. The third-order valence-electron chi connectivity index (χ3n) is 5.91. The summed E-state index contributed by atoms with van der Waals surface area (Å²) < 4.78 is 10.8. The molecule has 0 aliphatic carbocycles. The SMILES string of the molecule is CCOCC1CCN(c2ccc(C[C@H](N)C(=O)Nc3ccc(C(=O)OC(C)(C)C)cc3)cc2)C(=O)C1. The first-order chi connectivity index (χ1) is 17.1. The highest BCUT2D eigenvalue weighted by molar-refractivity contribution is 5.96. The number of carbonyl (C=O) groups excluding carboxylic acids is 3. The van der Waals surface area contributed by atoms with Crippen molar-refractivity contribution in [3.05, 3.63) is 59.7 Å². The largest absolute Gasteiger partial charge is 0.456 e. The van der Waals surface area contributed by atoms with Crippen molar-refractivity contribution in [1.29, 1.82) is 0 Å². The maximum atomic E-state index is 12.6. The maximum absolute atomic E-state index is 12.6. The fourth-order valence-corrected chi connectivity index (χ4v) is 4.02. The number of nitrogens with two attached hydrogens (primary N) is 1. The summed E-state index contributed by atoms with van der Waals surface area (Å²) in [6.07, 6.45) is 1.76. The number of hydrogen-bond acceptors (Lipinski definition) is 6. The molecule has 0 radical (unpaired) electrons. The van der Waals surface area contributed by atoms with Crippen molar-refractivity contribution in [3.8, 4) is 0 Å². The second-order valence-corrected chi connectivity index (χ2v) is 10.1. The van der Waals surface area contributed by atoms with Gasteiger partial charge in [-0.1, -0.05) is 12.1 Å². The standard InChI is InChI=1S/C28H37N3O5/c1-5-35-18-20-14-15-31(25(32)17-20)23-12-6-19(7-13-23)16-24(29)26(33)30-22-10-8-21(9-11-22)27(34)36-28(2,3)4/h6-13,20,24H,5,14-18,29H2,1-4H3,(H,30,33)/t20?,24-/m0/s1. The highest BCUT2D eigenvalue weighted by Gasteiger charge is 2.27. The van der Waals surface area contributed by atoms with Crippen LogP contribution in [0.1, 0.15) is 56.5 Å². The van der Waals surface area contributed by atoms with Crippen molar-refractivity contribution in [1.82, 2.24) is 0 Å². The van der Waals surface area contributed by atoms with Crippen LogP contribution in [0.25, 0.3) is 0 Å². The third kappa shape index (κ3) is 7.90. The van der Waals surface area contributed by atoms with Crippen LogP contribution in [-0.2, 0) is 25.5 Å². The van der Waals surface area contributed by atoms with Crippen molar-refractivity contribution >= 4 is 29.2 Å². The van der Waals surface area contributed by atoms with Gasteiger partial charge in [-0.15, -0.1) is 0 Å². The number of piperidine rings is 1. The van der Waals surface area contributed by atoms with Gasteiger partial charge in [0.25, 0.3) is 0 Å². The van der Waals surface area contributed by atoms with E-state index in [1.807, 2.05) is 31.2 Å². The van der Waals surface area contributed by atoms with Gasteiger partial charge in [0.1, 0.15) is 5.60 Å². The number of hydrogen-bond donors (Lipinski definition) is 2. The number of ether oxygens (including phenoxy) is 2. The minimum atomic E-state index is -0.752. The number of rotatable bonds is 9. The van der Waals surface area contributed by atoms with E-state index < -0.39 is 17.6 Å². The molecule has 1 saturated heterocycles. The molecule has 3 rings (SSSR count). The molecule has 8 heteroatoms. The molecular weight excluding hydrogens is 458 g/mol. The Labute approximate surface area is 213 Å². The zero-order valence-corrected chi connectivity index (χ0v) is 21.6. The molecule has 194 valence electrons. The van der Waals surface area contributed by atoms with Gasteiger partial charge in [-0.2, -0.15) is 0 Å². The molecule has 0 spiro atoms. The first kappa shape index (κ1) is 27.4. The third-order valence-corrected chi connectivity index (χ3v) is 5.91. The van der Waals surface area contributed by atoms with E-state index in [0.717, 1.165) is 17.7 Å². The van der Waals surface area contributed by atoms with Crippen LogP contribution in [0, 0.1) is 5.92 Å². The molecule has 0 aromatic heterocycles. The van der Waals surface area contributed by atoms with Gasteiger partial charge < -0.3 is 25.4 Å². The zero-order chi connectivity index (χ0) is 26.3. The Morgan fingerprint density at radius 2 is 1.78 bits per heavy atom. The number of esters is 1. The Balaban J connectivity index is 1.51. The molecule has 0 bridgehead atoms. The van der Waals surface area contributed by atoms with Gasteiger partial charge >= 0.3 is 5.97 Å². The van der Waals surface area contributed by atoms with Crippen molar-refractivity contribution in [2.75, 3.05) is 30.0 Å². The Morgan fingerprint density at radius 1 is 1.11 bits per heavy atom. The molecule has 1 aliphatic rings. The minimum Gasteiger partial charge on any atom is -0.456 e. The van der Waals surface area contributed by atoms with E-state index >= 15 is 0 Å². The summed E-state index contributed by atoms with van der Waals surface area (Å²) in [4.78, 5) is 39.1. The van der Waals surface area contributed by atoms with Crippen LogP contribution in [-0.4, -0.2) is 49.2 Å². The van der Waals surface area contributed by atoms with Gasteiger partial charge in [0.15, 0.2) is 0 Å². The minimum absolute atomic E-state index is 0.104. The molecule has 1 aliphatic heterocycles. The Bertz CT molecular complexity index is 1040. The molecule has 8 nitrogen and oxygen atoms in total. The lowest BCUT2D eigenvalue weighted by Gasteiger charge is -2.31. The van der Waals surface area contributed by atoms with Crippen LogP contribution in [0.3, 0.4) is 0 Å². The van der Waals surface area contributed by atoms with E-state index in [0.29, 0.717) is 43.9 Å². The number of amides is 2. The van der Waals surface area contributed by atoms with E-state index in [9.17, 15) is 14.4 Å². The average Bonchev–Trinajstić information content (AvgIpc) is 2.82. The Hall–Kier alpha value is -3.23. The quantitative estimate of drug-likeness (QED) is 0.510. The van der Waals surface area contributed by atoms with E-state index in [4.69, 9.17) is 15.2 Å². The highest BCUT2D eigenvalue weighted by atomic mass is 16.6. The second kappa shape index (κ2) is 12.1. The fourth-order valence-electron chi connectivity index (χ4n) is 4.02. The summed E-state index contributed by atoms with van der Waals surface area (Å²) in [6.45, 7) is 9.34. The first-order valence-electron chi connectivity index (χ1n) is 12.4. The van der Waals surface area contributed by atoms with E-state index in [2.05, 4.69) is 5.32 Å². The zero-order valence-electron chi connectivity index (χ0n) is 21.6. The molecule has 1 unspecified atom stereocenters. The Kier molecular flexibility index (Phi) is 9.23. The highest BCUT2D eigenvalue weighted by Crippen LogP contribution is 2.25. The van der Waals surface area contributed by atoms with E-state index in [1.165, 1.54) is 0 Å². The molecule has 1 fully saturated rings. The van der Waals surface area contributed by atoms with Crippen LogP contribution < -0.4 is 16.0 Å². The summed E-state index contributed by atoms with van der Waals surface area (Å²) in [5.74, 6) is -0.363. The first-order valence-corrected chi connectivity index (χ1v) is 12.4. The van der Waals surface area contributed by atoms with E-state index in [1.54, 1.807) is 49.9 Å². The lowest BCUT2D eigenvalue weighted by molar-refractivity contribution is -0.121. The second-order valence-electron chi connectivity index (χ2n) is 10.1. The predicted octanol–water partition coefficient (Wildman–Crippen LogP) is 3.93. The van der Waals surface area contributed by atoms with Crippen molar-refractivity contribution in [2.45, 2.75) is 58.6 Å². The van der Waals surface area contributed by atoms with Crippen LogP contribution >= 0.6 is 0 Å². The van der Waals surface area contributed by atoms with Gasteiger partial charge in [-0.3, -0.25) is 9.59 Å². The van der Waals surface area contributed by atoms with Gasteiger partial charge in [-0.05, 0) is 88.4 Å². The molecule has 36 heavy (non-hydrogen) atoms. The number of benzene rings is 2. The predicted molar refractivity (Wildman–Crippen MR) is 140 cm³/mol. The average molecular weight is 496 g/mol. The van der Waals surface area contributed by atoms with Crippen LogP contribution in [0.5, 0.6) is 0 Å². The van der Waals surface area contributed by atoms with Gasteiger partial charge in [0.2, 0.25) is 11.8 Å². The molecule has 0 saturated carbocycles. The van der Waals surface area contributed by atoms with Gasteiger partial charge in [0, 0.05) is 37.6 Å². The van der Waals surface area contributed by atoms with Crippen molar-refractivity contribution < 1.29 is 23.9 Å². The molecule has 2 aromatic rings. The number of nitrogens with zero attached hydrogens (tertiary/aromatic N) is 1. The number of carbonyl (C=O) groups is 3. The molecule has 1 heterocycles. The summed E-state index contributed by atoms with van der Waals surface area (Å²) in [5.41, 5.74) is 8.27. The molecule has 3 N–H and O–H groups in total. The lowest BCUT2D eigenvalue weighted by atomic mass is 9.96. The summed E-state index contributed by atoms with van der Waals surface area (Å²) in [6, 6.07) is 13.4. The monoisotopic (exact) mass is 495 g/mol. The van der Waals surface area contributed by atoms with Crippen LogP contribution in [0.2, 0.25) is 0 Å². The number of anilines is 2. The van der Waals surface area contributed by atoms with E-state index in [-0.39, 0.29) is 17.7 Å². The normalized spacial score (nSPS) is 17.0. The number of nitrogens with one attached hydrogen (secondary N) is 1. The van der Waals surface area contributed by atoms with Gasteiger partial charge in [-0.25, -0.2) is 4.79 Å². The molecular formula is C28H37N3O5. The smallest absolute Gasteiger partial charge is 0.338 e. The van der Waals surface area contributed by atoms with Crippen LogP contribution in [0.4, 0.5) is 11.4 Å². The summed E-state index contributed by atoms with van der Waals surface area (Å²) in [7, 11) is 0. The lowest BCUT2D eigenvalue weighted by Crippen LogP contribution is -2.40. The van der Waals surface area contributed by atoms with Crippen LogP contribution in [0.15, 0.2) is 48.5 Å². The molecule has 2 aromatic carbocycles. The fraction of sp³-hybridized carbons (Fsp3) is 0.464. The van der Waals surface area contributed by atoms with Crippen molar-refractivity contribution in [3.63, 3.8) is 0 Å². The molecule has 2 amide bonds. The topological polar surface area (TPSA) is 111 Å². The van der Waals surface area contributed by atoms with Gasteiger partial charge in [0.05, 0.1) is 11.6 Å². The maximum Gasteiger partial charge on any atom is 0.338 e. The summed E-state index contributed by atoms with van der Waals surface area (Å²) >= 11 is 0. The summed E-state index contributed by atoms with van der Waals surface area (Å²) in [5, 5.41) is 2.78. The van der Waals surface area contributed by atoms with Crippen molar-refractivity contribution in [2.24, 2.45) is 11.7 Å². The molecule has 2 atom stereocenters.